The standard InChI is InChI=1S/C16H14BrNO3S/c17-14-6-11(9-22-14)15(19)18-7-12(13(8-18)16(20)21)10-4-2-1-3-5-10/h1-6,9,12-13H,7-8H2,(H,20,21). The number of carbonyl (C=O) groups excluding carboxylic acids is 1. The minimum Gasteiger partial charge on any atom is -0.481 e. The van der Waals surface area contributed by atoms with E-state index in [0.717, 1.165) is 9.35 Å². The Labute approximate surface area is 140 Å². The molecule has 4 nitrogen and oxygen atoms in total. The molecule has 2 atom stereocenters. The van der Waals surface area contributed by atoms with Crippen LogP contribution in [0.5, 0.6) is 0 Å². The largest absolute Gasteiger partial charge is 0.481 e. The van der Waals surface area contributed by atoms with Crippen molar-refractivity contribution in [1.82, 2.24) is 4.90 Å². The lowest BCUT2D eigenvalue weighted by Gasteiger charge is -2.15. The molecular weight excluding hydrogens is 366 g/mol. The summed E-state index contributed by atoms with van der Waals surface area (Å²) in [6, 6.07) is 11.3. The second-order valence-electron chi connectivity index (χ2n) is 5.31. The van der Waals surface area contributed by atoms with Crippen LogP contribution in [0, 0.1) is 5.92 Å². The number of hydrogen-bond donors (Lipinski definition) is 1. The summed E-state index contributed by atoms with van der Waals surface area (Å²) in [6.45, 7) is 0.689. The van der Waals surface area contributed by atoms with Crippen LogP contribution in [-0.2, 0) is 4.79 Å². The van der Waals surface area contributed by atoms with Crippen LogP contribution in [0.4, 0.5) is 0 Å². The van der Waals surface area contributed by atoms with Crippen LogP contribution < -0.4 is 0 Å². The molecule has 1 fully saturated rings. The number of carbonyl (C=O) groups is 2. The molecule has 1 aromatic heterocycles. The van der Waals surface area contributed by atoms with Gasteiger partial charge in [0.2, 0.25) is 0 Å². The number of rotatable bonds is 3. The Kier molecular flexibility index (Phi) is 4.31. The molecule has 0 aliphatic carbocycles. The third-order valence-corrected chi connectivity index (χ3v) is 5.47. The molecule has 1 saturated heterocycles. The third kappa shape index (κ3) is 2.94. The molecule has 2 heterocycles. The number of halogens is 1. The summed E-state index contributed by atoms with van der Waals surface area (Å²) >= 11 is 4.80. The zero-order chi connectivity index (χ0) is 15.7. The molecule has 1 aliphatic rings. The van der Waals surface area contributed by atoms with Crippen molar-refractivity contribution in [3.8, 4) is 0 Å². The molecule has 0 bridgehead atoms. The van der Waals surface area contributed by atoms with E-state index in [-0.39, 0.29) is 18.4 Å². The zero-order valence-electron chi connectivity index (χ0n) is 11.6. The molecule has 114 valence electrons. The van der Waals surface area contributed by atoms with Crippen molar-refractivity contribution in [2.45, 2.75) is 5.92 Å². The van der Waals surface area contributed by atoms with E-state index in [1.165, 1.54) is 11.3 Å². The highest BCUT2D eigenvalue weighted by Gasteiger charge is 2.40. The number of amides is 1. The van der Waals surface area contributed by atoms with Gasteiger partial charge in [-0.2, -0.15) is 0 Å². The highest BCUT2D eigenvalue weighted by Crippen LogP contribution is 2.34. The number of carboxylic acid groups (broad SMARTS) is 1. The van der Waals surface area contributed by atoms with Gasteiger partial charge in [-0.25, -0.2) is 0 Å². The summed E-state index contributed by atoms with van der Waals surface area (Å²) in [5, 5.41) is 11.3. The molecule has 0 radical (unpaired) electrons. The van der Waals surface area contributed by atoms with Crippen LogP contribution in [-0.4, -0.2) is 35.0 Å². The van der Waals surface area contributed by atoms with E-state index in [9.17, 15) is 14.7 Å². The van der Waals surface area contributed by atoms with Crippen LogP contribution >= 0.6 is 27.3 Å². The van der Waals surface area contributed by atoms with Gasteiger partial charge in [0.1, 0.15) is 0 Å². The van der Waals surface area contributed by atoms with Crippen LogP contribution in [0.3, 0.4) is 0 Å². The Morgan fingerprint density at radius 3 is 2.55 bits per heavy atom. The number of carboxylic acids is 1. The average molecular weight is 380 g/mol. The maximum atomic E-state index is 12.5. The van der Waals surface area contributed by atoms with E-state index in [1.807, 2.05) is 30.3 Å². The molecule has 1 aliphatic heterocycles. The fraction of sp³-hybridized carbons (Fsp3) is 0.250. The smallest absolute Gasteiger partial charge is 0.308 e. The Bertz CT molecular complexity index is 700. The van der Waals surface area contributed by atoms with E-state index in [0.29, 0.717) is 12.1 Å². The summed E-state index contributed by atoms with van der Waals surface area (Å²) in [5.41, 5.74) is 1.58. The van der Waals surface area contributed by atoms with Crippen LogP contribution in [0.2, 0.25) is 0 Å². The van der Waals surface area contributed by atoms with Gasteiger partial charge < -0.3 is 10.0 Å². The number of nitrogens with zero attached hydrogens (tertiary/aromatic N) is 1. The monoisotopic (exact) mass is 379 g/mol. The van der Waals surface area contributed by atoms with Crippen molar-refractivity contribution in [3.05, 3.63) is 56.7 Å². The second-order valence-corrected chi connectivity index (χ2v) is 7.60. The van der Waals surface area contributed by atoms with E-state index in [1.54, 1.807) is 16.3 Å². The van der Waals surface area contributed by atoms with Gasteiger partial charge >= 0.3 is 5.97 Å². The van der Waals surface area contributed by atoms with Gasteiger partial charge in [-0.1, -0.05) is 30.3 Å². The first kappa shape index (κ1) is 15.2. The maximum absolute atomic E-state index is 12.5. The fourth-order valence-corrected chi connectivity index (χ4v) is 3.99. The predicted molar refractivity (Wildman–Crippen MR) is 88.2 cm³/mol. The van der Waals surface area contributed by atoms with Crippen molar-refractivity contribution < 1.29 is 14.7 Å². The summed E-state index contributed by atoms with van der Waals surface area (Å²) in [7, 11) is 0. The van der Waals surface area contributed by atoms with Crippen molar-refractivity contribution in [2.75, 3.05) is 13.1 Å². The highest BCUT2D eigenvalue weighted by atomic mass is 79.9. The van der Waals surface area contributed by atoms with E-state index < -0.39 is 11.9 Å². The molecule has 1 amide bonds. The number of likely N-dealkylation sites (tertiary alicyclic amines) is 1. The molecule has 2 unspecified atom stereocenters. The maximum Gasteiger partial charge on any atom is 0.308 e. The third-order valence-electron chi connectivity index (χ3n) is 3.97. The molecule has 0 spiro atoms. The number of benzene rings is 1. The molecule has 6 heteroatoms. The Hall–Kier alpha value is -1.66. The van der Waals surface area contributed by atoms with Crippen molar-refractivity contribution >= 4 is 39.1 Å². The minimum atomic E-state index is -0.851. The molecular formula is C16H14BrNO3S. The lowest BCUT2D eigenvalue weighted by atomic mass is 9.89. The summed E-state index contributed by atoms with van der Waals surface area (Å²) in [6.07, 6.45) is 0. The van der Waals surface area contributed by atoms with Crippen LogP contribution in [0.15, 0.2) is 45.6 Å². The first-order valence-corrected chi connectivity index (χ1v) is 8.54. The van der Waals surface area contributed by atoms with Crippen LogP contribution in [0.25, 0.3) is 0 Å². The summed E-state index contributed by atoms with van der Waals surface area (Å²) in [5.74, 6) is -1.68. The number of aliphatic carboxylic acids is 1. The summed E-state index contributed by atoms with van der Waals surface area (Å²) < 4.78 is 0.893. The zero-order valence-corrected chi connectivity index (χ0v) is 14.0. The van der Waals surface area contributed by atoms with E-state index in [4.69, 9.17) is 0 Å². The van der Waals surface area contributed by atoms with Gasteiger partial charge in [0.05, 0.1) is 15.3 Å². The Morgan fingerprint density at radius 1 is 1.23 bits per heavy atom. The first-order valence-electron chi connectivity index (χ1n) is 6.87. The number of hydrogen-bond acceptors (Lipinski definition) is 3. The van der Waals surface area contributed by atoms with Gasteiger partial charge in [0.25, 0.3) is 5.91 Å². The van der Waals surface area contributed by atoms with Crippen LogP contribution in [0.1, 0.15) is 21.8 Å². The Balaban J connectivity index is 1.84. The van der Waals surface area contributed by atoms with E-state index >= 15 is 0 Å². The topological polar surface area (TPSA) is 57.6 Å². The SMILES string of the molecule is O=C(O)C1CN(C(=O)c2csc(Br)c2)CC1c1ccccc1. The molecule has 2 aromatic rings. The average Bonchev–Trinajstić information content (AvgIpc) is 3.14. The van der Waals surface area contributed by atoms with Crippen molar-refractivity contribution in [3.63, 3.8) is 0 Å². The van der Waals surface area contributed by atoms with Crippen molar-refractivity contribution in [1.29, 1.82) is 0 Å². The number of thiophene rings is 1. The first-order chi connectivity index (χ1) is 10.6. The molecule has 1 N–H and O–H groups in total. The van der Waals surface area contributed by atoms with Gasteiger partial charge in [-0.15, -0.1) is 11.3 Å². The van der Waals surface area contributed by atoms with Gasteiger partial charge in [0, 0.05) is 24.4 Å². The van der Waals surface area contributed by atoms with E-state index in [2.05, 4.69) is 15.9 Å². The minimum absolute atomic E-state index is 0.105. The lowest BCUT2D eigenvalue weighted by molar-refractivity contribution is -0.141. The second kappa shape index (κ2) is 6.22. The quantitative estimate of drug-likeness (QED) is 0.888. The predicted octanol–water partition coefficient (Wildman–Crippen LogP) is 3.45. The lowest BCUT2D eigenvalue weighted by Crippen LogP contribution is -2.29. The molecule has 1 aromatic carbocycles. The molecule has 22 heavy (non-hydrogen) atoms. The molecule has 0 saturated carbocycles. The Morgan fingerprint density at radius 2 is 1.95 bits per heavy atom. The molecule has 3 rings (SSSR count). The van der Waals surface area contributed by atoms with Crippen molar-refractivity contribution in [2.24, 2.45) is 5.92 Å². The van der Waals surface area contributed by atoms with Gasteiger partial charge in [-0.05, 0) is 27.6 Å². The fourth-order valence-electron chi connectivity index (χ4n) is 2.86. The van der Waals surface area contributed by atoms with Gasteiger partial charge in [-0.3, -0.25) is 9.59 Å². The van der Waals surface area contributed by atoms with Gasteiger partial charge in [0.15, 0.2) is 0 Å². The highest BCUT2D eigenvalue weighted by molar-refractivity contribution is 9.11. The normalized spacial score (nSPS) is 21.0. The summed E-state index contributed by atoms with van der Waals surface area (Å²) in [4.78, 5) is 25.7.